The van der Waals surface area contributed by atoms with Gasteiger partial charge in [0.2, 0.25) is 11.8 Å². The van der Waals surface area contributed by atoms with Crippen LogP contribution in [0.4, 0.5) is 10.1 Å². The number of anilines is 1. The first-order valence-electron chi connectivity index (χ1n) is 13.6. The predicted octanol–water partition coefficient (Wildman–Crippen LogP) is 5.20. The number of benzene rings is 3. The summed E-state index contributed by atoms with van der Waals surface area (Å²) in [5.74, 6) is -1.34. The highest BCUT2D eigenvalue weighted by Crippen LogP contribution is 2.25. The Balaban J connectivity index is 1.65. The Kier molecular flexibility index (Phi) is 9.58. The number of carbonyl (C=O) groups excluding carboxylic acids is 2. The van der Waals surface area contributed by atoms with Gasteiger partial charge in [0.1, 0.15) is 18.4 Å². The van der Waals surface area contributed by atoms with E-state index in [1.165, 1.54) is 29.2 Å². The van der Waals surface area contributed by atoms with E-state index >= 15 is 0 Å². The molecule has 3 aromatic rings. The van der Waals surface area contributed by atoms with Gasteiger partial charge in [-0.2, -0.15) is 0 Å². The second kappa shape index (κ2) is 13.1. The Bertz CT molecular complexity index is 1390. The van der Waals surface area contributed by atoms with Crippen molar-refractivity contribution >= 4 is 27.5 Å². The number of carbonyl (C=O) groups is 2. The van der Waals surface area contributed by atoms with Crippen molar-refractivity contribution in [1.82, 2.24) is 10.2 Å². The summed E-state index contributed by atoms with van der Waals surface area (Å²) in [5, 5.41) is 3.09. The number of hydrogen-bond acceptors (Lipinski definition) is 4. The van der Waals surface area contributed by atoms with Gasteiger partial charge in [-0.3, -0.25) is 13.9 Å². The minimum atomic E-state index is -4.18. The van der Waals surface area contributed by atoms with Gasteiger partial charge >= 0.3 is 0 Å². The molecule has 1 unspecified atom stereocenters. The fourth-order valence-electron chi connectivity index (χ4n) is 4.90. The zero-order valence-corrected chi connectivity index (χ0v) is 23.7. The average molecular weight is 566 g/mol. The lowest BCUT2D eigenvalue weighted by Crippen LogP contribution is -2.53. The van der Waals surface area contributed by atoms with Crippen molar-refractivity contribution in [2.75, 3.05) is 10.8 Å². The number of rotatable bonds is 10. The average Bonchev–Trinajstić information content (AvgIpc) is 2.96. The van der Waals surface area contributed by atoms with Gasteiger partial charge in [-0.15, -0.1) is 0 Å². The molecule has 0 aliphatic heterocycles. The lowest BCUT2D eigenvalue weighted by Gasteiger charge is -2.33. The van der Waals surface area contributed by atoms with E-state index < -0.39 is 34.3 Å². The van der Waals surface area contributed by atoms with Crippen LogP contribution in [0.15, 0.2) is 83.8 Å². The molecule has 0 aromatic heterocycles. The van der Waals surface area contributed by atoms with E-state index in [0.29, 0.717) is 0 Å². The zero-order chi connectivity index (χ0) is 28.7. The maximum absolute atomic E-state index is 13.9. The number of nitrogens with one attached hydrogen (secondary N) is 1. The monoisotopic (exact) mass is 565 g/mol. The summed E-state index contributed by atoms with van der Waals surface area (Å²) < 4.78 is 42.1. The molecule has 1 fully saturated rings. The Morgan fingerprint density at radius 3 is 2.17 bits per heavy atom. The maximum Gasteiger partial charge on any atom is 0.264 e. The second-order valence-corrected chi connectivity index (χ2v) is 12.2. The molecule has 212 valence electrons. The topological polar surface area (TPSA) is 86.8 Å². The first-order chi connectivity index (χ1) is 19.1. The second-order valence-electron chi connectivity index (χ2n) is 10.3. The van der Waals surface area contributed by atoms with Crippen molar-refractivity contribution in [3.63, 3.8) is 0 Å². The summed E-state index contributed by atoms with van der Waals surface area (Å²) in [6.07, 6.45) is 5.05. The number of halogens is 1. The van der Waals surface area contributed by atoms with Crippen LogP contribution in [0.2, 0.25) is 0 Å². The third-order valence-electron chi connectivity index (χ3n) is 7.32. The molecule has 0 saturated heterocycles. The number of hydrogen-bond donors (Lipinski definition) is 1. The minimum Gasteiger partial charge on any atom is -0.352 e. The predicted molar refractivity (Wildman–Crippen MR) is 154 cm³/mol. The van der Waals surface area contributed by atoms with E-state index in [2.05, 4.69) is 5.32 Å². The van der Waals surface area contributed by atoms with Crippen LogP contribution in [0.3, 0.4) is 0 Å². The van der Waals surface area contributed by atoms with Crippen LogP contribution >= 0.6 is 0 Å². The Hall–Kier alpha value is -3.72. The lowest BCUT2D eigenvalue weighted by atomic mass is 9.95. The summed E-state index contributed by atoms with van der Waals surface area (Å²) in [4.78, 5) is 28.7. The molecule has 3 aromatic carbocycles. The Morgan fingerprint density at radius 2 is 1.55 bits per heavy atom. The number of nitrogens with zero attached hydrogens (tertiary/aromatic N) is 2. The molecule has 1 saturated carbocycles. The van der Waals surface area contributed by atoms with E-state index in [4.69, 9.17) is 0 Å². The number of aryl methyl sites for hydroxylation is 1. The standard InChI is InChI=1S/C31H36FN3O4S/c1-23-13-15-25(16-14-23)21-34(24(2)31(37)33-27-9-5-3-6-10-27)30(36)22-35(28-19-17-26(32)18-20-28)40(38,39)29-11-7-4-8-12-29/h4,7-8,11-20,24,27H,3,5-6,9-10,21-22H2,1-2H3,(H,33,37). The maximum atomic E-state index is 13.9. The highest BCUT2D eigenvalue weighted by molar-refractivity contribution is 7.92. The van der Waals surface area contributed by atoms with Gasteiger partial charge in [-0.1, -0.05) is 67.3 Å². The zero-order valence-electron chi connectivity index (χ0n) is 22.9. The van der Waals surface area contributed by atoms with Gasteiger partial charge in [0.25, 0.3) is 10.0 Å². The van der Waals surface area contributed by atoms with Crippen molar-refractivity contribution < 1.29 is 22.4 Å². The largest absolute Gasteiger partial charge is 0.352 e. The number of sulfonamides is 1. The summed E-state index contributed by atoms with van der Waals surface area (Å²) in [6, 6.07) is 19.6. The first kappa shape index (κ1) is 29.3. The van der Waals surface area contributed by atoms with Gasteiger partial charge < -0.3 is 10.2 Å². The van der Waals surface area contributed by atoms with Gasteiger partial charge in [-0.25, -0.2) is 12.8 Å². The van der Waals surface area contributed by atoms with E-state index in [1.54, 1.807) is 25.1 Å². The molecule has 0 radical (unpaired) electrons. The molecule has 0 heterocycles. The molecule has 4 rings (SSSR count). The number of amides is 2. The van der Waals surface area contributed by atoms with Crippen molar-refractivity contribution in [2.45, 2.75) is 69.5 Å². The van der Waals surface area contributed by atoms with Gasteiger partial charge in [0.05, 0.1) is 10.6 Å². The van der Waals surface area contributed by atoms with Crippen LogP contribution < -0.4 is 9.62 Å². The molecule has 2 amide bonds. The fourth-order valence-corrected chi connectivity index (χ4v) is 6.33. The molecular weight excluding hydrogens is 529 g/mol. The third-order valence-corrected chi connectivity index (χ3v) is 9.11. The molecular formula is C31H36FN3O4S. The normalized spacial score (nSPS) is 14.8. The minimum absolute atomic E-state index is 0.000277. The van der Waals surface area contributed by atoms with Crippen LogP contribution in [0.25, 0.3) is 0 Å². The van der Waals surface area contributed by atoms with E-state index in [0.717, 1.165) is 59.7 Å². The van der Waals surface area contributed by atoms with Crippen molar-refractivity contribution in [3.05, 3.63) is 95.8 Å². The van der Waals surface area contributed by atoms with Gasteiger partial charge in [0, 0.05) is 12.6 Å². The Labute approximate surface area is 236 Å². The molecule has 9 heteroatoms. The quantitative estimate of drug-likeness (QED) is 0.366. The highest BCUT2D eigenvalue weighted by atomic mass is 32.2. The van der Waals surface area contributed by atoms with E-state index in [-0.39, 0.29) is 29.1 Å². The molecule has 1 aliphatic carbocycles. The summed E-state index contributed by atoms with van der Waals surface area (Å²) >= 11 is 0. The smallest absolute Gasteiger partial charge is 0.264 e. The molecule has 0 spiro atoms. The van der Waals surface area contributed by atoms with Crippen molar-refractivity contribution in [2.24, 2.45) is 0 Å². The molecule has 40 heavy (non-hydrogen) atoms. The Morgan fingerprint density at radius 1 is 0.925 bits per heavy atom. The molecule has 1 atom stereocenters. The molecule has 1 N–H and O–H groups in total. The molecule has 0 bridgehead atoms. The lowest BCUT2D eigenvalue weighted by molar-refractivity contribution is -0.139. The summed E-state index contributed by atoms with van der Waals surface area (Å²) in [5.41, 5.74) is 2.02. The first-order valence-corrected chi connectivity index (χ1v) is 15.1. The van der Waals surface area contributed by atoms with Gasteiger partial charge in [-0.05, 0) is 68.7 Å². The van der Waals surface area contributed by atoms with Gasteiger partial charge in [0.15, 0.2) is 0 Å². The van der Waals surface area contributed by atoms with E-state index in [1.807, 2.05) is 31.2 Å². The SMILES string of the molecule is Cc1ccc(CN(C(=O)CN(c2ccc(F)cc2)S(=O)(=O)c2ccccc2)C(C)C(=O)NC2CCCCC2)cc1. The van der Waals surface area contributed by atoms with E-state index in [9.17, 15) is 22.4 Å². The fraction of sp³-hybridized carbons (Fsp3) is 0.355. The van der Waals surface area contributed by atoms with Crippen LogP contribution in [-0.4, -0.2) is 43.8 Å². The van der Waals surface area contributed by atoms with Crippen LogP contribution in [0.5, 0.6) is 0 Å². The molecule has 1 aliphatic rings. The van der Waals surface area contributed by atoms with Crippen LogP contribution in [0.1, 0.15) is 50.2 Å². The summed E-state index contributed by atoms with van der Waals surface area (Å²) in [6.45, 7) is 3.19. The highest BCUT2D eigenvalue weighted by Gasteiger charge is 2.33. The van der Waals surface area contributed by atoms with Crippen molar-refractivity contribution in [3.8, 4) is 0 Å². The van der Waals surface area contributed by atoms with Crippen molar-refractivity contribution in [1.29, 1.82) is 0 Å². The van der Waals surface area contributed by atoms with Crippen LogP contribution in [0, 0.1) is 12.7 Å². The third kappa shape index (κ3) is 7.27. The summed E-state index contributed by atoms with van der Waals surface area (Å²) in [7, 11) is -4.18. The van der Waals surface area contributed by atoms with Crippen LogP contribution in [-0.2, 0) is 26.2 Å². The molecule has 7 nitrogen and oxygen atoms in total.